The molecule has 0 saturated carbocycles. The molecule has 0 aliphatic carbocycles. The van der Waals surface area contributed by atoms with Crippen LogP contribution in [0.2, 0.25) is 5.02 Å². The van der Waals surface area contributed by atoms with Crippen LogP contribution < -0.4 is 15.8 Å². The molecule has 0 aliphatic rings. The van der Waals surface area contributed by atoms with Crippen LogP contribution in [0.15, 0.2) is 48.1 Å². The van der Waals surface area contributed by atoms with Crippen molar-refractivity contribution in [2.24, 2.45) is 4.99 Å². The maximum atomic E-state index is 13.2. The first-order valence-corrected chi connectivity index (χ1v) is 6.91. The molecule has 23 heavy (non-hydrogen) atoms. The minimum atomic E-state index is -0.527. The number of methoxy groups -OCH3 is 1. The van der Waals surface area contributed by atoms with Crippen LogP contribution in [0.4, 0.5) is 15.8 Å². The number of nitrogens with two attached hydrogens (primary N) is 1. The van der Waals surface area contributed by atoms with Crippen LogP contribution in [0.3, 0.4) is 0 Å². The quantitative estimate of drug-likeness (QED) is 0.344. The Morgan fingerprint density at radius 3 is 2.78 bits per heavy atom. The maximum absolute atomic E-state index is 13.2. The van der Waals surface area contributed by atoms with E-state index >= 15 is 0 Å². The molecule has 0 atom stereocenters. The number of nitrogen functional groups attached to an aromatic ring is 1. The largest absolute Gasteiger partial charge is 0.504 e. The van der Waals surface area contributed by atoms with E-state index in [0.29, 0.717) is 22.8 Å². The van der Waals surface area contributed by atoms with E-state index in [1.165, 1.54) is 43.6 Å². The van der Waals surface area contributed by atoms with Gasteiger partial charge in [0.25, 0.3) is 0 Å². The molecule has 0 amide bonds. The van der Waals surface area contributed by atoms with Crippen molar-refractivity contribution in [3.8, 4) is 11.5 Å². The fraction of sp³-hybridized carbons (Fsp3) is 0.0625. The zero-order valence-electron chi connectivity index (χ0n) is 12.3. The van der Waals surface area contributed by atoms with E-state index in [4.69, 9.17) is 22.1 Å². The maximum Gasteiger partial charge on any atom is 0.162 e. The van der Waals surface area contributed by atoms with Gasteiger partial charge in [0.15, 0.2) is 11.5 Å². The number of benzene rings is 2. The smallest absolute Gasteiger partial charge is 0.162 e. The molecule has 0 spiro atoms. The Morgan fingerprint density at radius 2 is 2.17 bits per heavy atom. The lowest BCUT2D eigenvalue weighted by molar-refractivity contribution is 0.373. The normalized spacial score (nSPS) is 11.2. The summed E-state index contributed by atoms with van der Waals surface area (Å²) in [6, 6.07) is 7.02. The zero-order chi connectivity index (χ0) is 17.0. The standard InChI is InChI=1S/C16H15ClFN3O2/c1-3-20-16(21-9-4-5-12(18)11(17)6-9)10-7-14(22)15(23-2)8-13(10)19/h3-8,22H,1,19H2,2H3,(H,20,21). The van der Waals surface area contributed by atoms with Gasteiger partial charge in [0.05, 0.1) is 12.1 Å². The number of phenolic OH excluding ortho intramolecular Hbond substituents is 1. The third kappa shape index (κ3) is 3.73. The average Bonchev–Trinajstić information content (AvgIpc) is 2.52. The molecule has 7 heteroatoms. The summed E-state index contributed by atoms with van der Waals surface area (Å²) in [5.74, 6) is -0.0550. The van der Waals surface area contributed by atoms with Crippen molar-refractivity contribution in [3.05, 3.63) is 59.5 Å². The van der Waals surface area contributed by atoms with Crippen LogP contribution in [0.5, 0.6) is 11.5 Å². The number of nitrogens with zero attached hydrogens (tertiary/aromatic N) is 1. The van der Waals surface area contributed by atoms with Crippen molar-refractivity contribution in [2.75, 3.05) is 18.2 Å². The molecule has 0 saturated heterocycles. The summed E-state index contributed by atoms with van der Waals surface area (Å²) < 4.78 is 18.2. The van der Waals surface area contributed by atoms with E-state index in [-0.39, 0.29) is 16.5 Å². The molecule has 0 fully saturated rings. The Morgan fingerprint density at radius 1 is 1.43 bits per heavy atom. The molecule has 0 bridgehead atoms. The summed E-state index contributed by atoms with van der Waals surface area (Å²) in [6.07, 6.45) is 1.31. The van der Waals surface area contributed by atoms with Crippen LogP contribution in [-0.2, 0) is 0 Å². The second-order valence-electron chi connectivity index (χ2n) is 4.53. The first-order chi connectivity index (χ1) is 11.0. The summed E-state index contributed by atoms with van der Waals surface area (Å²) in [6.45, 7) is 3.54. The highest BCUT2D eigenvalue weighted by molar-refractivity contribution is 6.31. The van der Waals surface area contributed by atoms with E-state index < -0.39 is 5.82 Å². The van der Waals surface area contributed by atoms with Gasteiger partial charge in [0.2, 0.25) is 0 Å². The number of phenols is 1. The Hall–Kier alpha value is -2.73. The molecular weight excluding hydrogens is 321 g/mol. The topological polar surface area (TPSA) is 79.9 Å². The van der Waals surface area contributed by atoms with Crippen LogP contribution in [0.1, 0.15) is 5.56 Å². The van der Waals surface area contributed by atoms with Crippen molar-refractivity contribution in [3.63, 3.8) is 0 Å². The Bertz CT molecular complexity index is 778. The Kier molecular flexibility index (Phi) is 5.08. The van der Waals surface area contributed by atoms with Gasteiger partial charge in [-0.2, -0.15) is 0 Å². The fourth-order valence-electron chi connectivity index (χ4n) is 1.92. The Labute approximate surface area is 137 Å². The van der Waals surface area contributed by atoms with Gasteiger partial charge in [0, 0.05) is 29.2 Å². The van der Waals surface area contributed by atoms with Crippen LogP contribution in [-0.4, -0.2) is 18.1 Å². The van der Waals surface area contributed by atoms with Gasteiger partial charge >= 0.3 is 0 Å². The molecule has 0 aromatic heterocycles. The lowest BCUT2D eigenvalue weighted by atomic mass is 10.1. The van der Waals surface area contributed by atoms with Gasteiger partial charge in [0.1, 0.15) is 11.7 Å². The highest BCUT2D eigenvalue weighted by atomic mass is 35.5. The highest BCUT2D eigenvalue weighted by Crippen LogP contribution is 2.31. The van der Waals surface area contributed by atoms with Gasteiger partial charge in [-0.25, -0.2) is 9.38 Å². The van der Waals surface area contributed by atoms with Gasteiger partial charge in [-0.05, 0) is 24.3 Å². The lowest BCUT2D eigenvalue weighted by Gasteiger charge is -2.14. The van der Waals surface area contributed by atoms with Crippen LogP contribution in [0, 0.1) is 5.82 Å². The third-order valence-corrected chi connectivity index (χ3v) is 3.30. The number of ether oxygens (including phenoxy) is 1. The van der Waals surface area contributed by atoms with Crippen molar-refractivity contribution in [1.82, 2.24) is 0 Å². The molecule has 2 aromatic carbocycles. The minimum Gasteiger partial charge on any atom is -0.504 e. The fourth-order valence-corrected chi connectivity index (χ4v) is 2.10. The van der Waals surface area contributed by atoms with Gasteiger partial charge in [-0.1, -0.05) is 18.2 Å². The van der Waals surface area contributed by atoms with E-state index in [9.17, 15) is 9.50 Å². The summed E-state index contributed by atoms with van der Waals surface area (Å²) >= 11 is 5.76. The first kappa shape index (κ1) is 16.6. The van der Waals surface area contributed by atoms with Crippen molar-refractivity contribution in [2.45, 2.75) is 0 Å². The molecule has 0 unspecified atom stereocenters. The van der Waals surface area contributed by atoms with Crippen molar-refractivity contribution < 1.29 is 14.2 Å². The number of aromatic hydroxyl groups is 1. The molecule has 0 heterocycles. The van der Waals surface area contributed by atoms with Gasteiger partial charge in [-0.15, -0.1) is 0 Å². The zero-order valence-corrected chi connectivity index (χ0v) is 13.1. The number of aliphatic imine (C=N–C) groups is 1. The van der Waals surface area contributed by atoms with E-state index in [2.05, 4.69) is 16.9 Å². The number of nitrogens with one attached hydrogen (secondary N) is 1. The minimum absolute atomic E-state index is 0.0292. The third-order valence-electron chi connectivity index (χ3n) is 3.01. The molecule has 2 rings (SSSR count). The molecule has 5 nitrogen and oxygen atoms in total. The van der Waals surface area contributed by atoms with E-state index in [1.807, 2.05) is 0 Å². The predicted molar refractivity (Wildman–Crippen MR) is 90.8 cm³/mol. The highest BCUT2D eigenvalue weighted by Gasteiger charge is 2.13. The number of hydrogen-bond acceptors (Lipinski definition) is 4. The summed E-state index contributed by atoms with van der Waals surface area (Å²) in [4.78, 5) is 4.10. The first-order valence-electron chi connectivity index (χ1n) is 6.54. The average molecular weight is 336 g/mol. The van der Waals surface area contributed by atoms with E-state index in [1.54, 1.807) is 0 Å². The van der Waals surface area contributed by atoms with Gasteiger partial charge in [-0.3, -0.25) is 0 Å². The van der Waals surface area contributed by atoms with Crippen molar-refractivity contribution >= 4 is 28.8 Å². The summed E-state index contributed by atoms with van der Waals surface area (Å²) in [5.41, 5.74) is 7.25. The SMILES string of the molecule is C=C/N=C(/Nc1ccc(F)c(Cl)c1)c1cc(O)c(OC)cc1N. The number of rotatable bonds is 4. The number of halogens is 2. The summed E-state index contributed by atoms with van der Waals surface area (Å²) in [7, 11) is 1.42. The Balaban J connectivity index is 2.43. The molecule has 0 aliphatic heterocycles. The van der Waals surface area contributed by atoms with E-state index in [0.717, 1.165) is 0 Å². The predicted octanol–water partition coefficient (Wildman–Crippen LogP) is 3.78. The van der Waals surface area contributed by atoms with Gasteiger partial charge < -0.3 is 20.9 Å². The molecule has 4 N–H and O–H groups in total. The number of anilines is 2. The molecule has 120 valence electrons. The van der Waals surface area contributed by atoms with Crippen LogP contribution in [0.25, 0.3) is 0 Å². The second kappa shape index (κ2) is 7.02. The van der Waals surface area contributed by atoms with Crippen LogP contribution >= 0.6 is 11.6 Å². The molecule has 2 aromatic rings. The molecular formula is C16H15ClFN3O2. The lowest BCUT2D eigenvalue weighted by Crippen LogP contribution is -2.15. The number of hydrogen-bond donors (Lipinski definition) is 3. The summed E-state index contributed by atoms with van der Waals surface area (Å²) in [5, 5.41) is 12.9. The number of amidine groups is 1. The monoisotopic (exact) mass is 335 g/mol. The molecule has 0 radical (unpaired) electrons. The van der Waals surface area contributed by atoms with Crippen molar-refractivity contribution in [1.29, 1.82) is 0 Å². The second-order valence-corrected chi connectivity index (χ2v) is 4.93.